The maximum absolute atomic E-state index is 14.2. The highest BCUT2D eigenvalue weighted by molar-refractivity contribution is 7.92. The maximum Gasteiger partial charge on any atom is 0.264 e. The number of rotatable bonds is 11. The SMILES string of the molecule is CNC(=O)[C@@H](Cc1ccccc1)N(Cc1ccccc1)C(=O)CN(c1cccc(C)c1)S(=O)(=O)c1ccc(Cl)cc1. The fourth-order valence-corrected chi connectivity index (χ4v) is 6.08. The van der Waals surface area contributed by atoms with Crippen LogP contribution < -0.4 is 9.62 Å². The van der Waals surface area contributed by atoms with E-state index in [2.05, 4.69) is 5.32 Å². The number of benzene rings is 4. The van der Waals surface area contributed by atoms with Crippen molar-refractivity contribution in [1.82, 2.24) is 10.2 Å². The number of carbonyl (C=O) groups is 2. The Labute approximate surface area is 246 Å². The van der Waals surface area contributed by atoms with Crippen molar-refractivity contribution >= 4 is 39.1 Å². The van der Waals surface area contributed by atoms with E-state index in [4.69, 9.17) is 11.6 Å². The Kier molecular flexibility index (Phi) is 9.81. The van der Waals surface area contributed by atoms with Crippen LogP contribution in [0.5, 0.6) is 0 Å². The highest BCUT2D eigenvalue weighted by atomic mass is 35.5. The number of amides is 2. The van der Waals surface area contributed by atoms with Crippen molar-refractivity contribution in [3.63, 3.8) is 0 Å². The monoisotopic (exact) mass is 589 g/mol. The summed E-state index contributed by atoms with van der Waals surface area (Å²) in [5.41, 5.74) is 2.86. The molecule has 7 nitrogen and oxygen atoms in total. The highest BCUT2D eigenvalue weighted by Crippen LogP contribution is 2.26. The van der Waals surface area contributed by atoms with Gasteiger partial charge in [0.15, 0.2) is 0 Å². The molecular formula is C32H32ClN3O4S. The lowest BCUT2D eigenvalue weighted by Gasteiger charge is -2.33. The standard InChI is InChI=1S/C32H32ClN3O4S/c1-24-10-9-15-28(20-24)36(41(39,40)29-18-16-27(33)17-19-29)23-31(37)35(22-26-13-7-4-8-14-26)30(32(38)34-2)21-25-11-5-3-6-12-25/h3-20,30H,21-23H2,1-2H3,(H,34,38)/t30-/m1/s1. The molecule has 1 N–H and O–H groups in total. The Morgan fingerprint density at radius 3 is 2.02 bits per heavy atom. The van der Waals surface area contributed by atoms with Crippen LogP contribution in [0.1, 0.15) is 16.7 Å². The summed E-state index contributed by atoms with van der Waals surface area (Å²) in [6.45, 7) is 1.46. The van der Waals surface area contributed by atoms with Gasteiger partial charge in [-0.15, -0.1) is 0 Å². The van der Waals surface area contributed by atoms with E-state index in [9.17, 15) is 18.0 Å². The second-order valence-electron chi connectivity index (χ2n) is 9.63. The zero-order chi connectivity index (χ0) is 29.4. The minimum atomic E-state index is -4.17. The van der Waals surface area contributed by atoms with Crippen LogP contribution in [-0.2, 0) is 32.6 Å². The average molecular weight is 590 g/mol. The van der Waals surface area contributed by atoms with Crippen molar-refractivity contribution < 1.29 is 18.0 Å². The minimum absolute atomic E-state index is 0.00190. The van der Waals surface area contributed by atoms with Crippen molar-refractivity contribution in [2.75, 3.05) is 17.9 Å². The van der Waals surface area contributed by atoms with Gasteiger partial charge in [-0.1, -0.05) is 84.4 Å². The molecule has 0 bridgehead atoms. The Hall–Kier alpha value is -4.14. The average Bonchev–Trinajstić information content (AvgIpc) is 2.98. The van der Waals surface area contributed by atoms with Crippen LogP contribution in [0.3, 0.4) is 0 Å². The molecule has 0 aliphatic heterocycles. The number of hydrogen-bond donors (Lipinski definition) is 1. The molecule has 1 atom stereocenters. The number of nitrogens with zero attached hydrogens (tertiary/aromatic N) is 2. The third-order valence-corrected chi connectivity index (χ3v) is 8.72. The van der Waals surface area contributed by atoms with Gasteiger partial charge in [-0.2, -0.15) is 0 Å². The number of sulfonamides is 1. The summed E-state index contributed by atoms with van der Waals surface area (Å²) >= 11 is 6.02. The molecule has 41 heavy (non-hydrogen) atoms. The fourth-order valence-electron chi connectivity index (χ4n) is 4.55. The van der Waals surface area contributed by atoms with Gasteiger partial charge in [0.25, 0.3) is 10.0 Å². The van der Waals surface area contributed by atoms with E-state index in [0.29, 0.717) is 10.7 Å². The molecule has 4 aromatic carbocycles. The van der Waals surface area contributed by atoms with E-state index in [1.807, 2.05) is 73.7 Å². The molecule has 0 radical (unpaired) electrons. The van der Waals surface area contributed by atoms with Gasteiger partial charge >= 0.3 is 0 Å². The van der Waals surface area contributed by atoms with Crippen LogP contribution in [0.2, 0.25) is 5.02 Å². The van der Waals surface area contributed by atoms with Gasteiger partial charge in [-0.3, -0.25) is 13.9 Å². The summed E-state index contributed by atoms with van der Waals surface area (Å²) in [5.74, 6) is -0.863. The molecular weight excluding hydrogens is 558 g/mol. The Balaban J connectivity index is 1.77. The van der Waals surface area contributed by atoms with Gasteiger partial charge in [-0.25, -0.2) is 8.42 Å². The second kappa shape index (κ2) is 13.5. The van der Waals surface area contributed by atoms with E-state index in [0.717, 1.165) is 21.0 Å². The van der Waals surface area contributed by atoms with Crippen LogP contribution in [0.25, 0.3) is 0 Å². The molecule has 0 aliphatic carbocycles. The maximum atomic E-state index is 14.2. The molecule has 212 valence electrons. The van der Waals surface area contributed by atoms with Crippen molar-refractivity contribution in [2.45, 2.75) is 30.8 Å². The lowest BCUT2D eigenvalue weighted by Crippen LogP contribution is -2.53. The lowest BCUT2D eigenvalue weighted by molar-refractivity contribution is -0.139. The number of carbonyl (C=O) groups excluding carboxylic acids is 2. The number of hydrogen-bond acceptors (Lipinski definition) is 4. The van der Waals surface area contributed by atoms with Crippen LogP contribution in [0.15, 0.2) is 114 Å². The van der Waals surface area contributed by atoms with Crippen LogP contribution in [0, 0.1) is 6.92 Å². The van der Waals surface area contributed by atoms with Gasteiger partial charge in [-0.05, 0) is 60.0 Å². The smallest absolute Gasteiger partial charge is 0.264 e. The van der Waals surface area contributed by atoms with Crippen molar-refractivity contribution in [3.05, 3.63) is 131 Å². The normalized spacial score (nSPS) is 11.9. The van der Waals surface area contributed by atoms with E-state index in [1.54, 1.807) is 18.2 Å². The first-order valence-electron chi connectivity index (χ1n) is 13.1. The fraction of sp³-hybridized carbons (Fsp3) is 0.188. The summed E-state index contributed by atoms with van der Waals surface area (Å²) in [6.07, 6.45) is 0.257. The molecule has 0 spiro atoms. The summed E-state index contributed by atoms with van der Waals surface area (Å²) in [5, 5.41) is 3.08. The third kappa shape index (κ3) is 7.54. The van der Waals surface area contributed by atoms with Crippen molar-refractivity contribution in [3.8, 4) is 0 Å². The lowest BCUT2D eigenvalue weighted by atomic mass is 10.0. The number of aryl methyl sites for hydroxylation is 1. The Bertz CT molecular complexity index is 1580. The van der Waals surface area contributed by atoms with Crippen molar-refractivity contribution in [2.24, 2.45) is 0 Å². The molecule has 0 aromatic heterocycles. The second-order valence-corrected chi connectivity index (χ2v) is 11.9. The molecule has 4 aromatic rings. The largest absolute Gasteiger partial charge is 0.357 e. The summed E-state index contributed by atoms with van der Waals surface area (Å²) in [7, 11) is -2.65. The number of nitrogens with one attached hydrogen (secondary N) is 1. The van der Waals surface area contributed by atoms with E-state index in [1.165, 1.54) is 36.2 Å². The Morgan fingerprint density at radius 2 is 1.44 bits per heavy atom. The van der Waals surface area contributed by atoms with Gasteiger partial charge in [0.2, 0.25) is 11.8 Å². The van der Waals surface area contributed by atoms with E-state index >= 15 is 0 Å². The zero-order valence-corrected chi connectivity index (χ0v) is 24.5. The molecule has 0 saturated carbocycles. The van der Waals surface area contributed by atoms with Crippen LogP contribution in [-0.4, -0.2) is 44.8 Å². The first-order chi connectivity index (χ1) is 19.7. The first-order valence-corrected chi connectivity index (χ1v) is 14.9. The predicted molar refractivity (Wildman–Crippen MR) is 162 cm³/mol. The predicted octanol–water partition coefficient (Wildman–Crippen LogP) is 5.23. The van der Waals surface area contributed by atoms with Gasteiger partial charge in [0.1, 0.15) is 12.6 Å². The van der Waals surface area contributed by atoms with E-state index < -0.39 is 28.5 Å². The summed E-state index contributed by atoms with van der Waals surface area (Å²) in [6, 6.07) is 30.6. The molecule has 0 aliphatic rings. The van der Waals surface area contributed by atoms with Crippen LogP contribution >= 0.6 is 11.6 Å². The molecule has 4 rings (SSSR count). The summed E-state index contributed by atoms with van der Waals surface area (Å²) < 4.78 is 29.0. The molecule has 0 unspecified atom stereocenters. The topological polar surface area (TPSA) is 86.8 Å². The Morgan fingerprint density at radius 1 is 0.829 bits per heavy atom. The molecule has 0 fully saturated rings. The number of halogens is 1. The van der Waals surface area contributed by atoms with E-state index in [-0.39, 0.29) is 23.8 Å². The minimum Gasteiger partial charge on any atom is -0.357 e. The van der Waals surface area contributed by atoms with Gasteiger partial charge in [0, 0.05) is 25.0 Å². The quantitative estimate of drug-likeness (QED) is 0.260. The van der Waals surface area contributed by atoms with Crippen LogP contribution in [0.4, 0.5) is 5.69 Å². The molecule has 0 heterocycles. The number of anilines is 1. The molecule has 0 saturated heterocycles. The third-order valence-electron chi connectivity index (χ3n) is 6.68. The van der Waals surface area contributed by atoms with Crippen molar-refractivity contribution in [1.29, 1.82) is 0 Å². The molecule has 9 heteroatoms. The van der Waals surface area contributed by atoms with Gasteiger partial charge in [0.05, 0.1) is 10.6 Å². The number of likely N-dealkylation sites (N-methyl/N-ethyl adjacent to an activating group) is 1. The zero-order valence-electron chi connectivity index (χ0n) is 22.9. The summed E-state index contributed by atoms with van der Waals surface area (Å²) in [4.78, 5) is 28.9. The van der Waals surface area contributed by atoms with Gasteiger partial charge < -0.3 is 10.2 Å². The first kappa shape index (κ1) is 29.8. The molecule has 2 amide bonds. The highest BCUT2D eigenvalue weighted by Gasteiger charge is 2.34.